The van der Waals surface area contributed by atoms with Crippen molar-refractivity contribution in [1.29, 1.82) is 0 Å². The topological polar surface area (TPSA) is 105 Å². The number of hydrogen-bond donors (Lipinski definition) is 2. The summed E-state index contributed by atoms with van der Waals surface area (Å²) in [5.41, 5.74) is 2.46. The van der Waals surface area contributed by atoms with Gasteiger partial charge in [-0.2, -0.15) is 5.10 Å². The van der Waals surface area contributed by atoms with Gasteiger partial charge < -0.3 is 19.8 Å². The Balaban J connectivity index is 1.36. The van der Waals surface area contributed by atoms with Gasteiger partial charge >= 0.3 is 0 Å². The highest BCUT2D eigenvalue weighted by atomic mass is 16.5. The molecule has 1 saturated heterocycles. The molecule has 2 aliphatic rings. The van der Waals surface area contributed by atoms with Crippen LogP contribution < -0.4 is 4.90 Å². The first-order valence-electron chi connectivity index (χ1n) is 13.8. The number of carbonyl (C=O) groups excluding carboxylic acids is 2. The third kappa shape index (κ3) is 5.36. The molecule has 3 atom stereocenters. The fourth-order valence-electron chi connectivity index (χ4n) is 5.93. The number of ketones is 2. The van der Waals surface area contributed by atoms with Gasteiger partial charge in [0.25, 0.3) is 0 Å². The molecule has 0 bridgehead atoms. The first kappa shape index (κ1) is 27.1. The van der Waals surface area contributed by atoms with Gasteiger partial charge in [-0.3, -0.25) is 14.3 Å². The molecule has 8 nitrogen and oxygen atoms in total. The highest BCUT2D eigenvalue weighted by molar-refractivity contribution is 5.99. The minimum Gasteiger partial charge on any atom is -0.508 e. The van der Waals surface area contributed by atoms with E-state index in [9.17, 15) is 19.8 Å². The van der Waals surface area contributed by atoms with Gasteiger partial charge in [-0.1, -0.05) is 44.2 Å². The van der Waals surface area contributed by atoms with Crippen LogP contribution in [-0.2, 0) is 34.5 Å². The van der Waals surface area contributed by atoms with Crippen LogP contribution in [0.4, 0.5) is 5.69 Å². The third-order valence-corrected chi connectivity index (χ3v) is 7.78. The maximum Gasteiger partial charge on any atom is 0.200 e. The monoisotopic (exact) mass is 531 g/mol. The van der Waals surface area contributed by atoms with E-state index in [0.29, 0.717) is 18.2 Å². The lowest BCUT2D eigenvalue weighted by Gasteiger charge is -2.28. The van der Waals surface area contributed by atoms with Crippen molar-refractivity contribution in [1.82, 2.24) is 9.78 Å². The molecule has 2 aliphatic heterocycles. The van der Waals surface area contributed by atoms with E-state index in [1.54, 1.807) is 35.1 Å². The van der Waals surface area contributed by atoms with Crippen LogP contribution in [0.5, 0.6) is 5.75 Å². The highest BCUT2D eigenvalue weighted by Gasteiger charge is 2.57. The van der Waals surface area contributed by atoms with Crippen LogP contribution in [0, 0.1) is 5.92 Å². The molecule has 5 rings (SSSR count). The number of anilines is 1. The molecule has 0 saturated carbocycles. The van der Waals surface area contributed by atoms with Crippen LogP contribution in [0.25, 0.3) is 0 Å². The van der Waals surface area contributed by atoms with E-state index in [0.717, 1.165) is 35.2 Å². The SMILES string of the molecule is CCn1ncc(CCC(C)C)c1C(=O)CN1c2ccccc2[C@]2(O)C[C@@H](CC(=O)Cc3cccc(O)c3)OC12. The molecule has 2 aromatic carbocycles. The van der Waals surface area contributed by atoms with Crippen molar-refractivity contribution in [2.24, 2.45) is 5.92 Å². The Morgan fingerprint density at radius 3 is 2.72 bits per heavy atom. The van der Waals surface area contributed by atoms with Gasteiger partial charge in [0.1, 0.15) is 22.8 Å². The average molecular weight is 532 g/mol. The predicted octanol–water partition coefficient (Wildman–Crippen LogP) is 4.40. The van der Waals surface area contributed by atoms with E-state index >= 15 is 0 Å². The summed E-state index contributed by atoms with van der Waals surface area (Å²) < 4.78 is 8.09. The zero-order valence-corrected chi connectivity index (χ0v) is 22.8. The Bertz CT molecular complexity index is 1370. The lowest BCUT2D eigenvalue weighted by molar-refractivity contribution is -0.121. The number of phenols is 1. The summed E-state index contributed by atoms with van der Waals surface area (Å²) in [5.74, 6) is 0.526. The first-order valence-corrected chi connectivity index (χ1v) is 13.8. The number of fused-ring (bicyclic) bond motifs is 3. The number of rotatable bonds is 11. The van der Waals surface area contributed by atoms with Crippen molar-refractivity contribution in [3.63, 3.8) is 0 Å². The summed E-state index contributed by atoms with van der Waals surface area (Å²) in [4.78, 5) is 28.5. The summed E-state index contributed by atoms with van der Waals surface area (Å²) in [7, 11) is 0. The van der Waals surface area contributed by atoms with Crippen LogP contribution in [0.2, 0.25) is 0 Å². The van der Waals surface area contributed by atoms with Crippen molar-refractivity contribution < 1.29 is 24.5 Å². The number of aromatic hydroxyl groups is 1. The molecule has 3 heterocycles. The second-order valence-electron chi connectivity index (χ2n) is 11.2. The van der Waals surface area contributed by atoms with Gasteiger partial charge in [-0.15, -0.1) is 0 Å². The first-order chi connectivity index (χ1) is 18.7. The zero-order valence-electron chi connectivity index (χ0n) is 22.8. The number of para-hydroxylation sites is 1. The summed E-state index contributed by atoms with van der Waals surface area (Å²) in [6.45, 7) is 6.92. The number of phenolic OH excluding ortho intramolecular Hbond substituents is 1. The van der Waals surface area contributed by atoms with E-state index in [-0.39, 0.29) is 43.1 Å². The maximum absolute atomic E-state index is 13.8. The molecule has 3 aromatic rings. The Morgan fingerprint density at radius 2 is 1.97 bits per heavy atom. The lowest BCUT2D eigenvalue weighted by atomic mass is 9.89. The molecule has 1 unspecified atom stereocenters. The molecule has 0 radical (unpaired) electrons. The van der Waals surface area contributed by atoms with Crippen molar-refractivity contribution in [2.45, 2.75) is 77.4 Å². The van der Waals surface area contributed by atoms with Gasteiger partial charge in [0.2, 0.25) is 0 Å². The molecule has 0 amide bonds. The molecule has 0 aliphatic carbocycles. The molecular formula is C31H37N3O5. The minimum absolute atomic E-state index is 0.0354. The quantitative estimate of drug-likeness (QED) is 0.353. The van der Waals surface area contributed by atoms with E-state index in [1.165, 1.54) is 0 Å². The number of aliphatic hydroxyl groups is 1. The summed E-state index contributed by atoms with van der Waals surface area (Å²) >= 11 is 0. The summed E-state index contributed by atoms with van der Waals surface area (Å²) in [6, 6.07) is 14.2. The zero-order chi connectivity index (χ0) is 27.7. The minimum atomic E-state index is -1.32. The number of aromatic nitrogens is 2. The number of ether oxygens (including phenoxy) is 1. The number of carbonyl (C=O) groups is 2. The molecular weight excluding hydrogens is 494 g/mol. The van der Waals surface area contributed by atoms with Crippen LogP contribution >= 0.6 is 0 Å². The number of nitrogens with zero attached hydrogens (tertiary/aromatic N) is 3. The summed E-state index contributed by atoms with van der Waals surface area (Å²) in [6.07, 6.45) is 2.87. The van der Waals surface area contributed by atoms with Crippen LogP contribution in [0.1, 0.15) is 67.2 Å². The number of hydrogen-bond acceptors (Lipinski definition) is 7. The van der Waals surface area contributed by atoms with Gasteiger partial charge in [0.05, 0.1) is 18.8 Å². The lowest BCUT2D eigenvalue weighted by Crippen LogP contribution is -2.44. The summed E-state index contributed by atoms with van der Waals surface area (Å²) in [5, 5.41) is 26.0. The molecule has 39 heavy (non-hydrogen) atoms. The molecule has 0 spiro atoms. The Morgan fingerprint density at radius 1 is 1.18 bits per heavy atom. The normalized spacial score (nSPS) is 21.8. The van der Waals surface area contributed by atoms with Gasteiger partial charge in [0.15, 0.2) is 12.0 Å². The molecule has 1 aromatic heterocycles. The Kier molecular flexibility index (Phi) is 7.60. The van der Waals surface area contributed by atoms with E-state index < -0.39 is 17.9 Å². The standard InChI is InChI=1S/C31H37N3O5/c1-4-34-29(22(18-32-34)13-12-20(2)3)28(37)19-33-27-11-6-5-10-26(27)31(38)17-25(39-30(31)33)16-24(36)15-21-8-7-9-23(35)14-21/h5-11,14,18,20,25,30,35,38H,4,12-13,15-17,19H2,1-3H3/t25-,30?,31-/m1/s1. The van der Waals surface area contributed by atoms with Crippen LogP contribution in [0.3, 0.4) is 0 Å². The number of Topliss-reactive ketones (excluding diaryl/α,β-unsaturated/α-hetero) is 2. The molecule has 8 heteroatoms. The maximum atomic E-state index is 13.8. The van der Waals surface area contributed by atoms with Crippen molar-refractivity contribution >= 4 is 17.3 Å². The Labute approximate surface area is 229 Å². The second-order valence-corrected chi connectivity index (χ2v) is 11.2. The second kappa shape index (κ2) is 10.9. The average Bonchev–Trinajstić information content (AvgIpc) is 3.52. The largest absolute Gasteiger partial charge is 0.508 e. The van der Waals surface area contributed by atoms with Gasteiger partial charge in [-0.05, 0) is 49.4 Å². The fraction of sp³-hybridized carbons (Fsp3) is 0.452. The van der Waals surface area contributed by atoms with E-state index in [2.05, 4.69) is 18.9 Å². The van der Waals surface area contributed by atoms with Gasteiger partial charge in [-0.25, -0.2) is 0 Å². The van der Waals surface area contributed by atoms with Crippen LogP contribution in [-0.4, -0.2) is 50.4 Å². The molecule has 206 valence electrons. The number of aryl methyl sites for hydroxylation is 2. The smallest absolute Gasteiger partial charge is 0.200 e. The predicted molar refractivity (Wildman–Crippen MR) is 148 cm³/mol. The molecule has 2 N–H and O–H groups in total. The van der Waals surface area contributed by atoms with E-state index in [4.69, 9.17) is 4.74 Å². The van der Waals surface area contributed by atoms with Crippen LogP contribution in [0.15, 0.2) is 54.7 Å². The van der Waals surface area contributed by atoms with E-state index in [1.807, 2.05) is 36.1 Å². The third-order valence-electron chi connectivity index (χ3n) is 7.78. The highest BCUT2D eigenvalue weighted by Crippen LogP contribution is 2.51. The van der Waals surface area contributed by atoms with Crippen molar-refractivity contribution in [3.8, 4) is 5.75 Å². The van der Waals surface area contributed by atoms with Crippen molar-refractivity contribution in [3.05, 3.63) is 77.1 Å². The number of benzene rings is 2. The molecule has 1 fully saturated rings. The Hall–Kier alpha value is -3.49. The van der Waals surface area contributed by atoms with Gasteiger partial charge in [0, 0.05) is 42.6 Å². The fourth-order valence-corrected chi connectivity index (χ4v) is 5.93. The van der Waals surface area contributed by atoms with Crippen molar-refractivity contribution in [2.75, 3.05) is 11.4 Å².